The van der Waals surface area contributed by atoms with Crippen molar-refractivity contribution in [3.63, 3.8) is 0 Å². The van der Waals surface area contributed by atoms with Gasteiger partial charge in [-0.25, -0.2) is 4.39 Å². The Balaban J connectivity index is 0.00000588. The van der Waals surface area contributed by atoms with Crippen molar-refractivity contribution in [1.29, 1.82) is 0 Å². The van der Waals surface area contributed by atoms with Gasteiger partial charge in [-0.05, 0) is 67.8 Å². The predicted molar refractivity (Wildman–Crippen MR) is 156 cm³/mol. The van der Waals surface area contributed by atoms with Crippen LogP contribution in [0.1, 0.15) is 67.5 Å². The number of phenolic OH excluding ortho intramolecular Hbond substituents is 2. The molecule has 2 atom stereocenters. The third kappa shape index (κ3) is 7.53. The Kier molecular flexibility index (Phi) is 11.7. The lowest BCUT2D eigenvalue weighted by atomic mass is 9.99. The first-order chi connectivity index (χ1) is 19.0. The van der Waals surface area contributed by atoms with Gasteiger partial charge in [0.05, 0.1) is 19.2 Å². The van der Waals surface area contributed by atoms with Gasteiger partial charge in [-0.3, -0.25) is 14.4 Å². The third-order valence-electron chi connectivity index (χ3n) is 6.67. The standard InChI is InChI=1S/C30H34FN3O6.ClH/c1-5-6-21(22(15-32)34-30(39)20-13-16(2)27(36)17(3)14-20)33-29(38)19-9-7-18(8-10-19)28(37)25-23(35)11-12-24(40-4)26(25)31;/h7-14,21-22,35-36H,5-6,15,32H2,1-4H3,(H,33,38)(H,34,39);1H/t21-,22-;/m1./s1. The van der Waals surface area contributed by atoms with Crippen molar-refractivity contribution in [2.75, 3.05) is 13.7 Å². The minimum Gasteiger partial charge on any atom is -0.507 e. The number of ketones is 1. The number of hydrogen-bond acceptors (Lipinski definition) is 7. The zero-order valence-electron chi connectivity index (χ0n) is 23.3. The molecule has 0 bridgehead atoms. The summed E-state index contributed by atoms with van der Waals surface area (Å²) in [5.41, 5.74) is 7.26. The van der Waals surface area contributed by atoms with Crippen LogP contribution in [0.25, 0.3) is 0 Å². The van der Waals surface area contributed by atoms with Gasteiger partial charge < -0.3 is 31.3 Å². The Morgan fingerprint density at radius 2 is 1.44 bits per heavy atom. The van der Waals surface area contributed by atoms with E-state index < -0.39 is 40.9 Å². The lowest BCUT2D eigenvalue weighted by Crippen LogP contribution is -2.55. The van der Waals surface area contributed by atoms with Gasteiger partial charge >= 0.3 is 0 Å². The van der Waals surface area contributed by atoms with Crippen molar-refractivity contribution in [3.8, 4) is 17.2 Å². The predicted octanol–water partition coefficient (Wildman–Crippen LogP) is 4.17. The molecule has 0 saturated heterocycles. The highest BCUT2D eigenvalue weighted by atomic mass is 35.5. The number of halogens is 2. The number of carbonyl (C=O) groups excluding carboxylic acids is 3. The van der Waals surface area contributed by atoms with Gasteiger partial charge in [-0.15, -0.1) is 12.4 Å². The number of aromatic hydroxyl groups is 2. The lowest BCUT2D eigenvalue weighted by molar-refractivity contribution is 0.0881. The fourth-order valence-corrected chi connectivity index (χ4v) is 4.44. The second kappa shape index (κ2) is 14.5. The number of hydrogen-bond donors (Lipinski definition) is 5. The van der Waals surface area contributed by atoms with E-state index in [4.69, 9.17) is 10.5 Å². The van der Waals surface area contributed by atoms with Gasteiger partial charge in [0.2, 0.25) is 0 Å². The first-order valence-corrected chi connectivity index (χ1v) is 12.8. The van der Waals surface area contributed by atoms with Crippen molar-refractivity contribution < 1.29 is 33.7 Å². The van der Waals surface area contributed by atoms with E-state index in [0.29, 0.717) is 29.5 Å². The summed E-state index contributed by atoms with van der Waals surface area (Å²) >= 11 is 0. The van der Waals surface area contributed by atoms with Crippen molar-refractivity contribution in [2.24, 2.45) is 5.73 Å². The zero-order valence-corrected chi connectivity index (χ0v) is 24.1. The van der Waals surface area contributed by atoms with Crippen LogP contribution in [0, 0.1) is 19.7 Å². The number of phenols is 2. The topological polar surface area (TPSA) is 151 Å². The fraction of sp³-hybridized carbons (Fsp3) is 0.300. The molecule has 2 amide bonds. The summed E-state index contributed by atoms with van der Waals surface area (Å²) in [7, 11) is 1.25. The van der Waals surface area contributed by atoms with Crippen molar-refractivity contribution in [2.45, 2.75) is 45.7 Å². The van der Waals surface area contributed by atoms with Crippen LogP contribution in [0.5, 0.6) is 17.2 Å². The second-order valence-electron chi connectivity index (χ2n) is 9.53. The molecule has 41 heavy (non-hydrogen) atoms. The van der Waals surface area contributed by atoms with Gasteiger partial charge in [0.25, 0.3) is 11.8 Å². The molecule has 11 heteroatoms. The molecule has 3 rings (SSSR count). The molecule has 0 heterocycles. The number of amides is 2. The minimum absolute atomic E-state index is 0. The Labute approximate surface area is 244 Å². The van der Waals surface area contributed by atoms with Crippen LogP contribution in [0.4, 0.5) is 4.39 Å². The summed E-state index contributed by atoms with van der Waals surface area (Å²) in [6.45, 7) is 5.41. The maximum atomic E-state index is 14.6. The van der Waals surface area contributed by atoms with Crippen LogP contribution in [0.2, 0.25) is 0 Å². The molecule has 0 aliphatic heterocycles. The number of ether oxygens (including phenoxy) is 1. The van der Waals surface area contributed by atoms with Crippen LogP contribution < -0.4 is 21.1 Å². The maximum absolute atomic E-state index is 14.6. The van der Waals surface area contributed by atoms with Crippen LogP contribution >= 0.6 is 12.4 Å². The molecule has 0 radical (unpaired) electrons. The minimum atomic E-state index is -0.982. The summed E-state index contributed by atoms with van der Waals surface area (Å²) in [6.07, 6.45) is 1.24. The number of nitrogens with one attached hydrogen (secondary N) is 2. The van der Waals surface area contributed by atoms with Crippen LogP contribution in [-0.4, -0.2) is 53.5 Å². The van der Waals surface area contributed by atoms with E-state index in [1.54, 1.807) is 26.0 Å². The second-order valence-corrected chi connectivity index (χ2v) is 9.53. The first-order valence-electron chi connectivity index (χ1n) is 12.8. The Bertz CT molecular complexity index is 1390. The smallest absolute Gasteiger partial charge is 0.251 e. The van der Waals surface area contributed by atoms with Gasteiger partial charge in [0.15, 0.2) is 17.3 Å². The van der Waals surface area contributed by atoms with Gasteiger partial charge in [-0.2, -0.15) is 0 Å². The quantitative estimate of drug-likeness (QED) is 0.211. The zero-order chi connectivity index (χ0) is 29.6. The molecular formula is C30H35ClFN3O6. The van der Waals surface area contributed by atoms with E-state index in [-0.39, 0.29) is 47.5 Å². The van der Waals surface area contributed by atoms with Crippen molar-refractivity contribution in [3.05, 3.63) is 87.7 Å². The summed E-state index contributed by atoms with van der Waals surface area (Å²) in [5, 5.41) is 25.9. The average molecular weight is 588 g/mol. The molecule has 0 aliphatic carbocycles. The van der Waals surface area contributed by atoms with E-state index in [1.165, 1.54) is 43.5 Å². The van der Waals surface area contributed by atoms with Gasteiger partial charge in [0, 0.05) is 23.2 Å². The number of methoxy groups -OCH3 is 1. The molecule has 0 saturated carbocycles. The largest absolute Gasteiger partial charge is 0.507 e. The number of benzene rings is 3. The summed E-state index contributed by atoms with van der Waals surface area (Å²) in [6, 6.07) is 10.0. The highest BCUT2D eigenvalue weighted by Crippen LogP contribution is 2.30. The monoisotopic (exact) mass is 587 g/mol. The Hall–Kier alpha value is -4.15. The highest BCUT2D eigenvalue weighted by molar-refractivity contribution is 6.11. The molecule has 6 N–H and O–H groups in total. The van der Waals surface area contributed by atoms with Crippen molar-refractivity contribution in [1.82, 2.24) is 10.6 Å². The highest BCUT2D eigenvalue weighted by Gasteiger charge is 2.26. The van der Waals surface area contributed by atoms with Gasteiger partial charge in [-0.1, -0.05) is 25.5 Å². The Morgan fingerprint density at radius 1 is 0.902 bits per heavy atom. The number of nitrogens with two attached hydrogens (primary N) is 1. The van der Waals surface area contributed by atoms with E-state index >= 15 is 0 Å². The molecule has 3 aromatic carbocycles. The lowest BCUT2D eigenvalue weighted by Gasteiger charge is -2.28. The van der Waals surface area contributed by atoms with E-state index in [9.17, 15) is 29.0 Å². The Morgan fingerprint density at radius 3 is 1.98 bits per heavy atom. The molecule has 0 spiro atoms. The molecule has 220 valence electrons. The van der Waals surface area contributed by atoms with Crippen molar-refractivity contribution >= 4 is 30.0 Å². The molecule has 9 nitrogen and oxygen atoms in total. The SMILES string of the molecule is CCC[C@@H](NC(=O)c1ccc(C(=O)c2c(O)ccc(OC)c2F)cc1)[C@@H](CN)NC(=O)c1cc(C)c(O)c(C)c1.Cl. The fourth-order valence-electron chi connectivity index (χ4n) is 4.44. The van der Waals surface area contributed by atoms with E-state index in [2.05, 4.69) is 10.6 Å². The molecule has 0 fully saturated rings. The molecule has 0 unspecified atom stereocenters. The summed E-state index contributed by atoms with van der Waals surface area (Å²) < 4.78 is 19.5. The summed E-state index contributed by atoms with van der Waals surface area (Å²) in [4.78, 5) is 38.9. The van der Waals surface area contributed by atoms with Gasteiger partial charge in [0.1, 0.15) is 17.1 Å². The third-order valence-corrected chi connectivity index (χ3v) is 6.67. The number of carbonyl (C=O) groups is 3. The molecular weight excluding hydrogens is 553 g/mol. The molecule has 3 aromatic rings. The molecule has 0 aromatic heterocycles. The maximum Gasteiger partial charge on any atom is 0.251 e. The summed E-state index contributed by atoms with van der Waals surface area (Å²) in [5.74, 6) is -3.16. The van der Waals surface area contributed by atoms with Crippen LogP contribution in [0.3, 0.4) is 0 Å². The molecule has 0 aliphatic rings. The normalized spacial score (nSPS) is 12.0. The first kappa shape index (κ1) is 33.1. The average Bonchev–Trinajstić information content (AvgIpc) is 2.94. The number of rotatable bonds is 11. The number of aryl methyl sites for hydroxylation is 2. The van der Waals surface area contributed by atoms with E-state index in [1.807, 2.05) is 6.92 Å². The van der Waals surface area contributed by atoms with Crippen LogP contribution in [0.15, 0.2) is 48.5 Å². The van der Waals surface area contributed by atoms with E-state index in [0.717, 1.165) is 0 Å². The van der Waals surface area contributed by atoms with Crippen LogP contribution in [-0.2, 0) is 0 Å².